The monoisotopic (exact) mass is 307 g/mol. The van der Waals surface area contributed by atoms with E-state index in [0.717, 1.165) is 13.1 Å². The van der Waals surface area contributed by atoms with Gasteiger partial charge in [0.05, 0.1) is 30.3 Å². The molecule has 0 amide bonds. The highest BCUT2D eigenvalue weighted by molar-refractivity contribution is 5.70. The van der Waals surface area contributed by atoms with E-state index in [1.807, 2.05) is 11.8 Å². The SMILES string of the molecule is CCOc1cccc(N2CC3OCCN(C)C3C2)c1[N+](=O)[O-]. The van der Waals surface area contributed by atoms with Crippen molar-refractivity contribution in [3.8, 4) is 5.75 Å². The standard InChI is InChI=1S/C15H21N3O4/c1-3-21-13-6-4-5-11(15(13)18(19)20)17-9-12-14(10-17)22-8-7-16(12)2/h4-6,12,14H,3,7-10H2,1-2H3. The van der Waals surface area contributed by atoms with E-state index >= 15 is 0 Å². The smallest absolute Gasteiger partial charge is 0.333 e. The van der Waals surface area contributed by atoms with Crippen molar-refractivity contribution in [3.63, 3.8) is 0 Å². The van der Waals surface area contributed by atoms with E-state index in [4.69, 9.17) is 9.47 Å². The molecule has 2 heterocycles. The summed E-state index contributed by atoms with van der Waals surface area (Å²) in [6.45, 7) is 5.25. The van der Waals surface area contributed by atoms with Gasteiger partial charge < -0.3 is 14.4 Å². The Labute approximate surface area is 129 Å². The van der Waals surface area contributed by atoms with Crippen molar-refractivity contribution in [1.82, 2.24) is 4.90 Å². The van der Waals surface area contributed by atoms with Crippen molar-refractivity contribution < 1.29 is 14.4 Å². The van der Waals surface area contributed by atoms with E-state index < -0.39 is 0 Å². The van der Waals surface area contributed by atoms with Crippen LogP contribution in [0.15, 0.2) is 18.2 Å². The van der Waals surface area contributed by atoms with Gasteiger partial charge in [0, 0.05) is 19.6 Å². The van der Waals surface area contributed by atoms with Gasteiger partial charge in [-0.05, 0) is 26.1 Å². The number of fused-ring (bicyclic) bond motifs is 1. The van der Waals surface area contributed by atoms with Crippen molar-refractivity contribution in [2.24, 2.45) is 0 Å². The zero-order valence-electron chi connectivity index (χ0n) is 12.9. The molecule has 0 N–H and O–H groups in total. The minimum atomic E-state index is -0.354. The molecule has 22 heavy (non-hydrogen) atoms. The Hall–Kier alpha value is -1.86. The maximum atomic E-state index is 11.5. The third-order valence-corrected chi connectivity index (χ3v) is 4.38. The van der Waals surface area contributed by atoms with Crippen molar-refractivity contribution in [3.05, 3.63) is 28.3 Å². The van der Waals surface area contributed by atoms with Crippen LogP contribution in [0.1, 0.15) is 6.92 Å². The summed E-state index contributed by atoms with van der Waals surface area (Å²) in [7, 11) is 2.08. The number of nitro benzene ring substituents is 1. The molecule has 1 aromatic rings. The first kappa shape index (κ1) is 15.1. The van der Waals surface area contributed by atoms with Crippen molar-refractivity contribution in [1.29, 1.82) is 0 Å². The highest BCUT2D eigenvalue weighted by Crippen LogP contribution is 2.39. The minimum absolute atomic E-state index is 0.0469. The number of nitro groups is 1. The van der Waals surface area contributed by atoms with E-state index in [0.29, 0.717) is 31.2 Å². The van der Waals surface area contributed by atoms with E-state index in [1.54, 1.807) is 18.2 Å². The van der Waals surface area contributed by atoms with Crippen LogP contribution in [0.25, 0.3) is 0 Å². The topological polar surface area (TPSA) is 68.1 Å². The molecule has 2 aliphatic heterocycles. The lowest BCUT2D eigenvalue weighted by Gasteiger charge is -2.33. The third-order valence-electron chi connectivity index (χ3n) is 4.38. The van der Waals surface area contributed by atoms with Crippen LogP contribution < -0.4 is 9.64 Å². The number of morpholine rings is 1. The van der Waals surface area contributed by atoms with Crippen LogP contribution >= 0.6 is 0 Å². The molecule has 0 aromatic heterocycles. The number of hydrogen-bond donors (Lipinski definition) is 0. The zero-order chi connectivity index (χ0) is 15.7. The Kier molecular flexibility index (Phi) is 4.17. The molecule has 7 heteroatoms. The first-order valence-corrected chi connectivity index (χ1v) is 7.58. The second kappa shape index (κ2) is 6.10. The Morgan fingerprint density at radius 3 is 2.95 bits per heavy atom. The quantitative estimate of drug-likeness (QED) is 0.620. The van der Waals surface area contributed by atoms with Crippen LogP contribution in [0.3, 0.4) is 0 Å². The summed E-state index contributed by atoms with van der Waals surface area (Å²) in [6, 6.07) is 5.53. The Morgan fingerprint density at radius 2 is 2.27 bits per heavy atom. The van der Waals surface area contributed by atoms with Gasteiger partial charge in [0.1, 0.15) is 5.69 Å². The molecule has 7 nitrogen and oxygen atoms in total. The molecular weight excluding hydrogens is 286 g/mol. The van der Waals surface area contributed by atoms with Crippen LogP contribution in [0.5, 0.6) is 5.75 Å². The number of rotatable bonds is 4. The van der Waals surface area contributed by atoms with E-state index in [2.05, 4.69) is 11.9 Å². The lowest BCUT2D eigenvalue weighted by atomic mass is 10.1. The first-order chi connectivity index (χ1) is 10.6. The largest absolute Gasteiger partial charge is 0.487 e. The Balaban J connectivity index is 1.92. The molecule has 0 bridgehead atoms. The maximum Gasteiger partial charge on any atom is 0.333 e. The van der Waals surface area contributed by atoms with Crippen LogP contribution in [-0.2, 0) is 4.74 Å². The van der Waals surface area contributed by atoms with Crippen molar-refractivity contribution in [2.45, 2.75) is 19.1 Å². The average Bonchev–Trinajstić information content (AvgIpc) is 2.92. The van der Waals surface area contributed by atoms with Gasteiger partial charge in [0.15, 0.2) is 5.75 Å². The van der Waals surface area contributed by atoms with Gasteiger partial charge in [-0.15, -0.1) is 0 Å². The number of para-hydroxylation sites is 1. The first-order valence-electron chi connectivity index (χ1n) is 7.58. The second-order valence-corrected chi connectivity index (χ2v) is 5.68. The summed E-state index contributed by atoms with van der Waals surface area (Å²) in [5, 5.41) is 11.5. The van der Waals surface area contributed by atoms with Gasteiger partial charge in [-0.3, -0.25) is 15.0 Å². The minimum Gasteiger partial charge on any atom is -0.487 e. The number of anilines is 1. The molecule has 2 aliphatic rings. The molecule has 2 unspecified atom stereocenters. The van der Waals surface area contributed by atoms with E-state index in [-0.39, 0.29) is 22.8 Å². The van der Waals surface area contributed by atoms with Gasteiger partial charge in [-0.1, -0.05) is 6.07 Å². The number of nitrogens with zero attached hydrogens (tertiary/aromatic N) is 3. The molecule has 0 aliphatic carbocycles. The van der Waals surface area contributed by atoms with Crippen LogP contribution in [0.2, 0.25) is 0 Å². The number of benzene rings is 1. The van der Waals surface area contributed by atoms with Crippen molar-refractivity contribution >= 4 is 11.4 Å². The Bertz CT molecular complexity index is 566. The third kappa shape index (κ3) is 2.62. The summed E-state index contributed by atoms with van der Waals surface area (Å²) in [4.78, 5) is 15.5. The molecule has 120 valence electrons. The maximum absolute atomic E-state index is 11.5. The van der Waals surface area contributed by atoms with E-state index in [1.165, 1.54) is 0 Å². The fourth-order valence-electron chi connectivity index (χ4n) is 3.28. The fraction of sp³-hybridized carbons (Fsp3) is 0.600. The number of ether oxygens (including phenoxy) is 2. The molecule has 0 spiro atoms. The summed E-state index contributed by atoms with van der Waals surface area (Å²) in [6.07, 6.45) is 0.106. The lowest BCUT2D eigenvalue weighted by molar-refractivity contribution is -0.385. The van der Waals surface area contributed by atoms with Gasteiger partial charge in [0.25, 0.3) is 0 Å². The lowest BCUT2D eigenvalue weighted by Crippen LogP contribution is -2.48. The summed E-state index contributed by atoms with van der Waals surface area (Å²) in [5.74, 6) is 0.328. The zero-order valence-corrected chi connectivity index (χ0v) is 12.9. The van der Waals surface area contributed by atoms with E-state index in [9.17, 15) is 10.1 Å². The number of likely N-dealkylation sites (N-methyl/N-ethyl adjacent to an activating group) is 1. The average molecular weight is 307 g/mol. The summed E-state index contributed by atoms with van der Waals surface area (Å²) >= 11 is 0. The molecule has 2 saturated heterocycles. The predicted molar refractivity (Wildman–Crippen MR) is 82.6 cm³/mol. The predicted octanol–water partition coefficient (Wildman–Crippen LogP) is 1.51. The normalized spacial score (nSPS) is 25.1. The van der Waals surface area contributed by atoms with Gasteiger partial charge in [-0.2, -0.15) is 0 Å². The molecule has 0 radical (unpaired) electrons. The van der Waals surface area contributed by atoms with Gasteiger partial charge in [-0.25, -0.2) is 0 Å². The van der Waals surface area contributed by atoms with Gasteiger partial charge in [0.2, 0.25) is 0 Å². The van der Waals surface area contributed by atoms with Crippen LogP contribution in [0.4, 0.5) is 11.4 Å². The summed E-state index contributed by atoms with van der Waals surface area (Å²) < 4.78 is 11.2. The molecule has 1 aromatic carbocycles. The van der Waals surface area contributed by atoms with Crippen LogP contribution in [-0.4, -0.2) is 61.9 Å². The van der Waals surface area contributed by atoms with Crippen molar-refractivity contribution in [2.75, 3.05) is 44.8 Å². The molecule has 3 rings (SSSR count). The summed E-state index contributed by atoms with van der Waals surface area (Å²) in [5.41, 5.74) is 0.660. The molecule has 2 atom stereocenters. The number of hydrogen-bond acceptors (Lipinski definition) is 6. The van der Waals surface area contributed by atoms with Crippen LogP contribution in [0, 0.1) is 10.1 Å². The fourth-order valence-corrected chi connectivity index (χ4v) is 3.28. The molecular formula is C15H21N3O4. The highest BCUT2D eigenvalue weighted by atomic mass is 16.6. The molecule has 0 saturated carbocycles. The Morgan fingerprint density at radius 1 is 1.45 bits per heavy atom. The van der Waals surface area contributed by atoms with Gasteiger partial charge >= 0.3 is 5.69 Å². The molecule has 2 fully saturated rings. The second-order valence-electron chi connectivity index (χ2n) is 5.68. The highest BCUT2D eigenvalue weighted by Gasteiger charge is 2.40.